The fraction of sp³-hybridized carbons (Fsp3) is 0.350. The maximum Gasteiger partial charge on any atom is 0.173 e. The van der Waals surface area contributed by atoms with Gasteiger partial charge in [-0.1, -0.05) is 31.4 Å². The van der Waals surface area contributed by atoms with Crippen molar-refractivity contribution in [2.75, 3.05) is 7.11 Å². The van der Waals surface area contributed by atoms with E-state index >= 15 is 0 Å². The number of methoxy groups -OCH3 is 1. The van der Waals surface area contributed by atoms with Gasteiger partial charge in [-0.2, -0.15) is 10.4 Å². The fourth-order valence-electron chi connectivity index (χ4n) is 3.79. The number of nitrogens with zero attached hydrogens (tertiary/aromatic N) is 4. The lowest BCUT2D eigenvalue weighted by molar-refractivity contribution is 0.415. The summed E-state index contributed by atoms with van der Waals surface area (Å²) in [7, 11) is 1.67. The van der Waals surface area contributed by atoms with E-state index in [4.69, 9.17) is 4.74 Å². The Morgan fingerprint density at radius 3 is 2.56 bits per heavy atom. The molecular formula is C20H20N4O. The molecule has 1 fully saturated rings. The minimum atomic E-state index is 0.447. The quantitative estimate of drug-likeness (QED) is 0.716. The topological polar surface area (TPSA) is 63.2 Å². The van der Waals surface area contributed by atoms with E-state index in [2.05, 4.69) is 28.3 Å². The molecule has 0 spiro atoms. The van der Waals surface area contributed by atoms with Crippen molar-refractivity contribution in [3.63, 3.8) is 0 Å². The molecule has 0 N–H and O–H groups in total. The molecule has 2 aromatic heterocycles. The van der Waals surface area contributed by atoms with Gasteiger partial charge in [0.15, 0.2) is 5.65 Å². The molecule has 5 heteroatoms. The Labute approximate surface area is 146 Å². The predicted octanol–water partition coefficient (Wildman–Crippen LogP) is 4.32. The molecule has 0 saturated heterocycles. The van der Waals surface area contributed by atoms with Gasteiger partial charge in [-0.25, -0.2) is 9.50 Å². The van der Waals surface area contributed by atoms with Crippen LogP contribution in [-0.2, 0) is 0 Å². The van der Waals surface area contributed by atoms with E-state index in [1.807, 2.05) is 22.8 Å². The van der Waals surface area contributed by atoms with Gasteiger partial charge in [-0.05, 0) is 30.5 Å². The number of aromatic nitrogens is 3. The number of ether oxygens (including phenoxy) is 1. The van der Waals surface area contributed by atoms with E-state index in [0.29, 0.717) is 17.1 Å². The van der Waals surface area contributed by atoms with Crippen LogP contribution in [0.5, 0.6) is 5.75 Å². The van der Waals surface area contributed by atoms with Gasteiger partial charge in [0.1, 0.15) is 17.4 Å². The predicted molar refractivity (Wildman–Crippen MR) is 95.5 cm³/mol. The summed E-state index contributed by atoms with van der Waals surface area (Å²) in [5, 5.41) is 13.8. The molecule has 0 atom stereocenters. The zero-order chi connectivity index (χ0) is 17.2. The second-order valence-corrected chi connectivity index (χ2v) is 6.53. The number of benzene rings is 1. The van der Waals surface area contributed by atoms with Gasteiger partial charge in [-0.3, -0.25) is 0 Å². The highest BCUT2D eigenvalue weighted by atomic mass is 16.5. The van der Waals surface area contributed by atoms with Crippen LogP contribution in [0, 0.1) is 11.3 Å². The van der Waals surface area contributed by atoms with E-state index in [1.54, 1.807) is 13.3 Å². The summed E-state index contributed by atoms with van der Waals surface area (Å²) in [6, 6.07) is 10.2. The molecule has 126 valence electrons. The Morgan fingerprint density at radius 2 is 1.88 bits per heavy atom. The molecule has 0 amide bonds. The third-order valence-corrected chi connectivity index (χ3v) is 5.08. The SMILES string of the molecule is COc1ccc(-c2cnc3c(C#N)cnn3c2C2CCCCC2)cc1. The standard InChI is InChI=1S/C20H20N4O/c1-25-17-9-7-14(8-10-17)18-13-22-20-16(11-21)12-23-24(20)19(18)15-5-3-2-4-6-15/h7-10,12-13,15H,2-6H2,1H3. The zero-order valence-corrected chi connectivity index (χ0v) is 14.3. The highest BCUT2D eigenvalue weighted by Gasteiger charge is 2.24. The van der Waals surface area contributed by atoms with Gasteiger partial charge in [0.25, 0.3) is 0 Å². The summed E-state index contributed by atoms with van der Waals surface area (Å²) < 4.78 is 7.15. The molecule has 25 heavy (non-hydrogen) atoms. The monoisotopic (exact) mass is 332 g/mol. The van der Waals surface area contributed by atoms with Crippen LogP contribution >= 0.6 is 0 Å². The average molecular weight is 332 g/mol. The number of nitriles is 1. The maximum absolute atomic E-state index is 9.31. The van der Waals surface area contributed by atoms with Crippen LogP contribution in [0.15, 0.2) is 36.7 Å². The first-order chi connectivity index (χ1) is 12.3. The number of fused-ring (bicyclic) bond motifs is 1. The first-order valence-electron chi connectivity index (χ1n) is 8.73. The van der Waals surface area contributed by atoms with Crippen molar-refractivity contribution in [3.05, 3.63) is 47.9 Å². The van der Waals surface area contributed by atoms with Crippen molar-refractivity contribution in [2.45, 2.75) is 38.0 Å². The Balaban J connectivity index is 1.91. The third-order valence-electron chi connectivity index (χ3n) is 5.08. The molecule has 5 nitrogen and oxygen atoms in total. The van der Waals surface area contributed by atoms with Crippen LogP contribution in [0.3, 0.4) is 0 Å². The van der Waals surface area contributed by atoms with Gasteiger partial charge in [0.05, 0.1) is 19.0 Å². The van der Waals surface area contributed by atoms with Crippen LogP contribution < -0.4 is 4.74 Å². The van der Waals surface area contributed by atoms with E-state index in [9.17, 15) is 5.26 Å². The van der Waals surface area contributed by atoms with Crippen LogP contribution in [0.4, 0.5) is 0 Å². The Kier molecular flexibility index (Phi) is 4.10. The van der Waals surface area contributed by atoms with Crippen LogP contribution in [0.2, 0.25) is 0 Å². The second-order valence-electron chi connectivity index (χ2n) is 6.53. The van der Waals surface area contributed by atoms with Crippen molar-refractivity contribution in [3.8, 4) is 22.9 Å². The van der Waals surface area contributed by atoms with Crippen LogP contribution in [0.1, 0.15) is 49.3 Å². The molecule has 4 rings (SSSR count). The minimum Gasteiger partial charge on any atom is -0.497 e. The molecule has 3 aromatic rings. The summed E-state index contributed by atoms with van der Waals surface area (Å²) in [5.41, 5.74) is 4.55. The van der Waals surface area contributed by atoms with Crippen molar-refractivity contribution in [2.24, 2.45) is 0 Å². The summed E-state index contributed by atoms with van der Waals surface area (Å²) in [5.74, 6) is 1.28. The minimum absolute atomic E-state index is 0.447. The van der Waals surface area contributed by atoms with E-state index in [-0.39, 0.29) is 0 Å². The van der Waals surface area contributed by atoms with Crippen molar-refractivity contribution < 1.29 is 4.74 Å². The van der Waals surface area contributed by atoms with E-state index in [1.165, 1.54) is 25.0 Å². The van der Waals surface area contributed by atoms with Gasteiger partial charge in [0, 0.05) is 17.7 Å². The number of hydrogen-bond acceptors (Lipinski definition) is 4. The first-order valence-corrected chi connectivity index (χ1v) is 8.73. The molecule has 0 radical (unpaired) electrons. The Morgan fingerprint density at radius 1 is 1.12 bits per heavy atom. The van der Waals surface area contributed by atoms with Gasteiger partial charge < -0.3 is 4.74 Å². The second kappa shape index (κ2) is 6.56. The van der Waals surface area contributed by atoms with Crippen LogP contribution in [-0.4, -0.2) is 21.7 Å². The van der Waals surface area contributed by atoms with E-state index < -0.39 is 0 Å². The summed E-state index contributed by atoms with van der Waals surface area (Å²) in [6.45, 7) is 0. The lowest BCUT2D eigenvalue weighted by Gasteiger charge is -2.24. The molecule has 1 aromatic carbocycles. The average Bonchev–Trinajstić information content (AvgIpc) is 3.11. The van der Waals surface area contributed by atoms with Crippen molar-refractivity contribution in [1.82, 2.24) is 14.6 Å². The van der Waals surface area contributed by atoms with Gasteiger partial charge >= 0.3 is 0 Å². The fourth-order valence-corrected chi connectivity index (χ4v) is 3.79. The van der Waals surface area contributed by atoms with Gasteiger partial charge in [-0.15, -0.1) is 0 Å². The Hall–Kier alpha value is -2.87. The molecule has 0 bridgehead atoms. The maximum atomic E-state index is 9.31. The highest BCUT2D eigenvalue weighted by molar-refractivity contribution is 5.69. The summed E-state index contributed by atoms with van der Waals surface area (Å²) in [4.78, 5) is 4.53. The molecule has 0 unspecified atom stereocenters. The van der Waals surface area contributed by atoms with E-state index in [0.717, 1.165) is 29.7 Å². The normalized spacial score (nSPS) is 15.2. The largest absolute Gasteiger partial charge is 0.497 e. The number of rotatable bonds is 3. The lowest BCUT2D eigenvalue weighted by atomic mass is 9.84. The third kappa shape index (κ3) is 2.74. The zero-order valence-electron chi connectivity index (χ0n) is 14.3. The first kappa shape index (κ1) is 15.6. The molecule has 0 aliphatic heterocycles. The number of hydrogen-bond donors (Lipinski definition) is 0. The van der Waals surface area contributed by atoms with Crippen molar-refractivity contribution in [1.29, 1.82) is 5.26 Å². The smallest absolute Gasteiger partial charge is 0.173 e. The highest BCUT2D eigenvalue weighted by Crippen LogP contribution is 2.38. The molecular weight excluding hydrogens is 312 g/mol. The summed E-state index contributed by atoms with van der Waals surface area (Å²) >= 11 is 0. The lowest BCUT2D eigenvalue weighted by Crippen LogP contribution is -2.12. The van der Waals surface area contributed by atoms with Crippen LogP contribution in [0.25, 0.3) is 16.8 Å². The molecule has 1 aliphatic carbocycles. The molecule has 2 heterocycles. The molecule has 1 aliphatic rings. The van der Waals surface area contributed by atoms with Gasteiger partial charge in [0.2, 0.25) is 0 Å². The Bertz CT molecular complexity index is 931. The molecule has 1 saturated carbocycles. The van der Waals surface area contributed by atoms with Crippen molar-refractivity contribution >= 4 is 5.65 Å². The summed E-state index contributed by atoms with van der Waals surface area (Å²) in [6.07, 6.45) is 9.60.